The molecule has 1 aromatic heterocycles. The van der Waals surface area contributed by atoms with Crippen molar-refractivity contribution in [1.29, 1.82) is 0 Å². The normalized spacial score (nSPS) is 11.7. The lowest BCUT2D eigenvalue weighted by Gasteiger charge is -2.12. The molecule has 0 aliphatic carbocycles. The fourth-order valence-corrected chi connectivity index (χ4v) is 2.66. The van der Waals surface area contributed by atoms with Crippen molar-refractivity contribution in [3.8, 4) is 0 Å². The van der Waals surface area contributed by atoms with Gasteiger partial charge in [-0.25, -0.2) is 0 Å². The maximum atomic E-state index is 12.2. The highest BCUT2D eigenvalue weighted by molar-refractivity contribution is 7.10. The number of rotatable bonds is 5. The van der Waals surface area contributed by atoms with E-state index >= 15 is 0 Å². The summed E-state index contributed by atoms with van der Waals surface area (Å²) >= 11 is 1.55. The third-order valence-corrected chi connectivity index (χ3v) is 4.10. The average Bonchev–Trinajstić information content (AvgIpc) is 3.00. The smallest absolute Gasteiger partial charge is 0.293 e. The molecule has 1 amide bonds. The highest BCUT2D eigenvalue weighted by atomic mass is 32.1. The van der Waals surface area contributed by atoms with Crippen LogP contribution in [0.15, 0.2) is 35.7 Å². The second kappa shape index (κ2) is 6.36. The van der Waals surface area contributed by atoms with Crippen LogP contribution in [0.25, 0.3) is 0 Å². The number of carbonyl (C=O) groups excluding carboxylic acids is 1. The maximum absolute atomic E-state index is 12.2. The number of hydrogen-bond donors (Lipinski definition) is 2. The monoisotopic (exact) mass is 305 g/mol. The van der Waals surface area contributed by atoms with E-state index in [1.807, 2.05) is 24.4 Å². The summed E-state index contributed by atoms with van der Waals surface area (Å²) < 4.78 is 0. The van der Waals surface area contributed by atoms with Crippen LogP contribution >= 0.6 is 11.3 Å². The van der Waals surface area contributed by atoms with E-state index in [2.05, 4.69) is 10.6 Å². The van der Waals surface area contributed by atoms with Gasteiger partial charge in [-0.15, -0.1) is 11.3 Å². The van der Waals surface area contributed by atoms with Crippen molar-refractivity contribution in [1.82, 2.24) is 5.32 Å². The summed E-state index contributed by atoms with van der Waals surface area (Å²) in [5.74, 6) is -0.332. The lowest BCUT2D eigenvalue weighted by atomic mass is 10.1. The Morgan fingerprint density at radius 1 is 1.38 bits per heavy atom. The minimum absolute atomic E-state index is 0.117. The number of anilines is 1. The van der Waals surface area contributed by atoms with Gasteiger partial charge in [-0.05, 0) is 30.5 Å². The van der Waals surface area contributed by atoms with E-state index in [4.69, 9.17) is 0 Å². The van der Waals surface area contributed by atoms with Crippen LogP contribution < -0.4 is 10.6 Å². The SMILES string of the molecule is CNc1ccc(C(=O)NC(C)c2cccs2)cc1[N+](=O)[O-]. The van der Waals surface area contributed by atoms with Crippen molar-refractivity contribution in [3.63, 3.8) is 0 Å². The molecule has 110 valence electrons. The summed E-state index contributed by atoms with van der Waals surface area (Å²) in [6.07, 6.45) is 0. The lowest BCUT2D eigenvalue weighted by Crippen LogP contribution is -2.26. The fourth-order valence-electron chi connectivity index (χ4n) is 1.92. The number of hydrogen-bond acceptors (Lipinski definition) is 5. The first kappa shape index (κ1) is 15.0. The molecule has 0 fully saturated rings. The quantitative estimate of drug-likeness (QED) is 0.656. The minimum Gasteiger partial charge on any atom is -0.383 e. The van der Waals surface area contributed by atoms with Crippen molar-refractivity contribution < 1.29 is 9.72 Å². The van der Waals surface area contributed by atoms with Gasteiger partial charge in [0, 0.05) is 23.6 Å². The number of nitrogens with zero attached hydrogens (tertiary/aromatic N) is 1. The summed E-state index contributed by atoms with van der Waals surface area (Å²) in [7, 11) is 1.60. The van der Waals surface area contributed by atoms with Gasteiger partial charge in [0.1, 0.15) is 5.69 Å². The Balaban J connectivity index is 2.19. The van der Waals surface area contributed by atoms with E-state index in [9.17, 15) is 14.9 Å². The van der Waals surface area contributed by atoms with Crippen molar-refractivity contribution >= 4 is 28.6 Å². The molecule has 1 aromatic carbocycles. The van der Waals surface area contributed by atoms with Crippen molar-refractivity contribution in [2.75, 3.05) is 12.4 Å². The van der Waals surface area contributed by atoms with Gasteiger partial charge >= 0.3 is 0 Å². The number of amides is 1. The molecule has 0 aliphatic rings. The van der Waals surface area contributed by atoms with Crippen LogP contribution in [0, 0.1) is 10.1 Å². The molecule has 0 spiro atoms. The Labute approximate surface area is 126 Å². The number of nitro benzene ring substituents is 1. The third kappa shape index (κ3) is 3.38. The summed E-state index contributed by atoms with van der Waals surface area (Å²) in [4.78, 5) is 23.7. The Morgan fingerprint density at radius 3 is 2.71 bits per heavy atom. The highest BCUT2D eigenvalue weighted by Crippen LogP contribution is 2.25. The summed E-state index contributed by atoms with van der Waals surface area (Å²) in [5, 5.41) is 18.5. The maximum Gasteiger partial charge on any atom is 0.293 e. The van der Waals surface area contributed by atoms with Crippen molar-refractivity contribution in [2.24, 2.45) is 0 Å². The van der Waals surface area contributed by atoms with E-state index < -0.39 is 4.92 Å². The molecule has 2 N–H and O–H groups in total. The van der Waals surface area contributed by atoms with Gasteiger partial charge < -0.3 is 10.6 Å². The third-order valence-electron chi connectivity index (χ3n) is 3.04. The van der Waals surface area contributed by atoms with Crippen LogP contribution in [0.5, 0.6) is 0 Å². The van der Waals surface area contributed by atoms with Gasteiger partial charge in [0.25, 0.3) is 11.6 Å². The van der Waals surface area contributed by atoms with Gasteiger partial charge in [-0.1, -0.05) is 6.07 Å². The van der Waals surface area contributed by atoms with E-state index in [1.165, 1.54) is 12.1 Å². The molecule has 6 nitrogen and oxygen atoms in total. The first-order chi connectivity index (χ1) is 10.0. The molecule has 2 rings (SSSR count). The largest absolute Gasteiger partial charge is 0.383 e. The number of nitrogens with one attached hydrogen (secondary N) is 2. The predicted molar refractivity (Wildman–Crippen MR) is 82.8 cm³/mol. The molecule has 0 saturated heterocycles. The standard InChI is InChI=1S/C14H15N3O3S/c1-9(13-4-3-7-21-13)16-14(18)10-5-6-11(15-2)12(8-10)17(19)20/h3-9,15H,1-2H3,(H,16,18). The zero-order valence-corrected chi connectivity index (χ0v) is 12.4. The van der Waals surface area contributed by atoms with Crippen LogP contribution in [0.4, 0.5) is 11.4 Å². The summed E-state index contributed by atoms with van der Waals surface area (Å²) in [5.41, 5.74) is 0.529. The molecule has 0 aliphatic heterocycles. The molecule has 0 bridgehead atoms. The van der Waals surface area contributed by atoms with E-state index in [0.29, 0.717) is 5.69 Å². The van der Waals surface area contributed by atoms with Gasteiger partial charge in [0.15, 0.2) is 0 Å². The first-order valence-electron chi connectivity index (χ1n) is 6.33. The number of nitro groups is 1. The first-order valence-corrected chi connectivity index (χ1v) is 7.21. The molecule has 21 heavy (non-hydrogen) atoms. The van der Waals surface area contributed by atoms with E-state index in [0.717, 1.165) is 4.88 Å². The molecule has 0 saturated carbocycles. The van der Waals surface area contributed by atoms with Crippen LogP contribution in [-0.4, -0.2) is 17.9 Å². The Morgan fingerprint density at radius 2 is 2.14 bits per heavy atom. The van der Waals surface area contributed by atoms with Crippen molar-refractivity contribution in [3.05, 3.63) is 56.3 Å². The second-order valence-corrected chi connectivity index (χ2v) is 5.43. The Hall–Kier alpha value is -2.41. The summed E-state index contributed by atoms with van der Waals surface area (Å²) in [6, 6.07) is 8.08. The average molecular weight is 305 g/mol. The molecule has 1 heterocycles. The lowest BCUT2D eigenvalue weighted by molar-refractivity contribution is -0.384. The van der Waals surface area contributed by atoms with Gasteiger partial charge in [-0.2, -0.15) is 0 Å². The van der Waals surface area contributed by atoms with E-state index in [1.54, 1.807) is 24.5 Å². The highest BCUT2D eigenvalue weighted by Gasteiger charge is 2.18. The second-order valence-electron chi connectivity index (χ2n) is 4.45. The molecule has 0 radical (unpaired) electrons. The molecular formula is C14H15N3O3S. The zero-order valence-electron chi connectivity index (χ0n) is 11.6. The van der Waals surface area contributed by atoms with Crippen LogP contribution in [0.1, 0.15) is 28.2 Å². The number of benzene rings is 1. The van der Waals surface area contributed by atoms with Crippen LogP contribution in [0.2, 0.25) is 0 Å². The molecule has 1 atom stereocenters. The van der Waals surface area contributed by atoms with E-state index in [-0.39, 0.29) is 23.2 Å². The Kier molecular flexibility index (Phi) is 4.54. The number of carbonyl (C=O) groups is 1. The zero-order chi connectivity index (χ0) is 15.4. The molecule has 7 heteroatoms. The predicted octanol–water partition coefficient (Wildman–Crippen LogP) is 3.19. The molecule has 1 unspecified atom stereocenters. The topological polar surface area (TPSA) is 84.3 Å². The van der Waals surface area contributed by atoms with Gasteiger partial charge in [0.05, 0.1) is 11.0 Å². The van der Waals surface area contributed by atoms with Crippen LogP contribution in [-0.2, 0) is 0 Å². The minimum atomic E-state index is -0.509. The van der Waals surface area contributed by atoms with Crippen molar-refractivity contribution in [2.45, 2.75) is 13.0 Å². The van der Waals surface area contributed by atoms with Crippen LogP contribution in [0.3, 0.4) is 0 Å². The molecular weight excluding hydrogens is 290 g/mol. The van der Waals surface area contributed by atoms with Gasteiger partial charge in [-0.3, -0.25) is 14.9 Å². The molecule has 2 aromatic rings. The van der Waals surface area contributed by atoms with Gasteiger partial charge in [0.2, 0.25) is 0 Å². The summed E-state index contributed by atoms with van der Waals surface area (Å²) in [6.45, 7) is 1.88. The Bertz CT molecular complexity index is 655. The number of thiophene rings is 1. The fraction of sp³-hybridized carbons (Fsp3) is 0.214.